The molecular formula is C46H64N2O8SSi. The molecule has 12 heteroatoms. The molecular weight excluding hydrogens is 769 g/mol. The first-order valence-electron chi connectivity index (χ1n) is 20.7. The van der Waals surface area contributed by atoms with E-state index >= 15 is 0 Å². The van der Waals surface area contributed by atoms with E-state index in [2.05, 4.69) is 25.3 Å². The number of carbonyl (C=O) groups excluding carboxylic acids is 4. The molecule has 316 valence electrons. The van der Waals surface area contributed by atoms with Crippen molar-refractivity contribution < 1.29 is 36.8 Å². The summed E-state index contributed by atoms with van der Waals surface area (Å²) in [6.45, 7) is 16.3. The number of sulfone groups is 1. The molecule has 10 nitrogen and oxygen atoms in total. The summed E-state index contributed by atoms with van der Waals surface area (Å²) >= 11 is 0. The van der Waals surface area contributed by atoms with Gasteiger partial charge in [0.05, 0.1) is 21.8 Å². The van der Waals surface area contributed by atoms with Gasteiger partial charge in [0.2, 0.25) is 21.7 Å². The van der Waals surface area contributed by atoms with Gasteiger partial charge in [-0.1, -0.05) is 94.3 Å². The van der Waals surface area contributed by atoms with Crippen molar-refractivity contribution in [3.8, 4) is 0 Å². The zero-order valence-electron chi connectivity index (χ0n) is 35.7. The van der Waals surface area contributed by atoms with Crippen LogP contribution in [0.4, 0.5) is 0 Å². The van der Waals surface area contributed by atoms with Gasteiger partial charge in [-0.3, -0.25) is 19.2 Å². The number of esters is 1. The van der Waals surface area contributed by atoms with Crippen molar-refractivity contribution in [1.29, 1.82) is 0 Å². The molecule has 58 heavy (non-hydrogen) atoms. The fraction of sp³-hybridized carbons (Fsp3) is 0.522. The second-order valence-corrected chi connectivity index (χ2v) is 23.7. The molecule has 3 aromatic rings. The van der Waals surface area contributed by atoms with E-state index in [0.717, 1.165) is 24.4 Å². The van der Waals surface area contributed by atoms with Gasteiger partial charge in [0.1, 0.15) is 17.4 Å². The van der Waals surface area contributed by atoms with Gasteiger partial charge >= 0.3 is 5.97 Å². The first-order valence-corrected chi connectivity index (χ1v) is 25.3. The van der Waals surface area contributed by atoms with Crippen molar-refractivity contribution in [1.82, 2.24) is 10.2 Å². The minimum Gasteiger partial charge on any atom is -0.460 e. The summed E-state index contributed by atoms with van der Waals surface area (Å²) in [6.07, 6.45) is 2.47. The number of amides is 2. The maximum atomic E-state index is 14.8. The summed E-state index contributed by atoms with van der Waals surface area (Å²) in [6, 6.07) is 24.5. The van der Waals surface area contributed by atoms with Crippen molar-refractivity contribution in [3.63, 3.8) is 0 Å². The quantitative estimate of drug-likeness (QED) is 0.0949. The summed E-state index contributed by atoms with van der Waals surface area (Å²) in [5.41, 5.74) is 0.878. The number of ether oxygens (including phenoxy) is 1. The second kappa shape index (κ2) is 20.7. The van der Waals surface area contributed by atoms with Crippen LogP contribution in [0, 0.1) is 17.8 Å². The molecule has 2 amide bonds. The molecule has 1 N–H and O–H groups in total. The van der Waals surface area contributed by atoms with Crippen LogP contribution < -0.4 is 5.32 Å². The zero-order valence-corrected chi connectivity index (χ0v) is 37.5. The highest BCUT2D eigenvalue weighted by Crippen LogP contribution is 2.32. The third-order valence-electron chi connectivity index (χ3n) is 10.6. The Morgan fingerprint density at radius 1 is 0.828 bits per heavy atom. The average molecular weight is 833 g/mol. The van der Waals surface area contributed by atoms with Gasteiger partial charge in [-0.15, -0.1) is 0 Å². The molecule has 1 fully saturated rings. The van der Waals surface area contributed by atoms with E-state index in [1.54, 1.807) is 59.5 Å². The minimum atomic E-state index is -3.77. The number of hydrogen-bond acceptors (Lipinski definition) is 8. The summed E-state index contributed by atoms with van der Waals surface area (Å²) in [5, 5.41) is 3.09. The van der Waals surface area contributed by atoms with Crippen LogP contribution in [0.25, 0.3) is 0 Å². The lowest BCUT2D eigenvalue weighted by Gasteiger charge is -2.37. The van der Waals surface area contributed by atoms with Crippen molar-refractivity contribution in [2.75, 3.05) is 13.1 Å². The molecule has 1 aliphatic rings. The standard InChI is InChI=1S/C46H64N2O8SSi/c1-9-10-29-58(7,8)56-41(40(45(52)55-46(4,5)6)31-34-17-13-11-14-18-34)32-36(43(50)47-42(33(2)3)44(51)48-27-25-37(49)26-28-48)30-35-21-23-39(24-22-35)57(53,54)38-19-15-12-16-20-38/h11-24,33,36,40-42H,9-10,25-32H2,1-8H3,(H,47,50)/t36?,40?,41?,42-/m0/s1. The molecule has 4 atom stereocenters. The number of nitrogens with one attached hydrogen (secondary N) is 1. The molecule has 0 bridgehead atoms. The first kappa shape index (κ1) is 46.6. The van der Waals surface area contributed by atoms with E-state index < -0.39 is 53.7 Å². The Morgan fingerprint density at radius 2 is 1.38 bits per heavy atom. The maximum absolute atomic E-state index is 14.8. The number of nitrogens with zero attached hydrogens (tertiary/aromatic N) is 1. The Bertz CT molecular complexity index is 1920. The average Bonchev–Trinajstić information content (AvgIpc) is 3.17. The van der Waals surface area contributed by atoms with Crippen LogP contribution in [0.2, 0.25) is 19.1 Å². The van der Waals surface area contributed by atoms with Crippen LogP contribution in [0.5, 0.6) is 0 Å². The number of rotatable bonds is 19. The molecule has 0 aliphatic carbocycles. The highest BCUT2D eigenvalue weighted by atomic mass is 32.2. The normalized spacial score (nSPS) is 16.0. The monoisotopic (exact) mass is 832 g/mol. The number of Topliss-reactive ketones (excluding diaryl/α,β-unsaturated/α-hetero) is 1. The predicted molar refractivity (Wildman–Crippen MR) is 229 cm³/mol. The minimum absolute atomic E-state index is 0.114. The van der Waals surface area contributed by atoms with Crippen molar-refractivity contribution in [2.45, 2.75) is 133 Å². The molecule has 1 aliphatic heterocycles. The molecule has 1 saturated heterocycles. The van der Waals surface area contributed by atoms with Crippen LogP contribution >= 0.6 is 0 Å². The fourth-order valence-corrected chi connectivity index (χ4v) is 11.0. The van der Waals surface area contributed by atoms with Gasteiger partial charge in [0.15, 0.2) is 8.32 Å². The van der Waals surface area contributed by atoms with Gasteiger partial charge in [-0.05, 0) is 100 Å². The summed E-state index contributed by atoms with van der Waals surface area (Å²) in [4.78, 5) is 57.0. The van der Waals surface area contributed by atoms with Gasteiger partial charge in [0.25, 0.3) is 0 Å². The van der Waals surface area contributed by atoms with Crippen molar-refractivity contribution in [3.05, 3.63) is 96.1 Å². The Balaban J connectivity index is 1.77. The van der Waals surface area contributed by atoms with Gasteiger partial charge < -0.3 is 19.4 Å². The number of piperidine rings is 1. The van der Waals surface area contributed by atoms with E-state index in [4.69, 9.17) is 9.16 Å². The van der Waals surface area contributed by atoms with E-state index in [-0.39, 0.29) is 59.0 Å². The van der Waals surface area contributed by atoms with Crippen LogP contribution in [0.1, 0.15) is 84.8 Å². The third kappa shape index (κ3) is 13.7. The molecule has 3 unspecified atom stereocenters. The largest absolute Gasteiger partial charge is 0.460 e. The van der Waals surface area contributed by atoms with Crippen LogP contribution in [-0.2, 0) is 51.0 Å². The second-order valence-electron chi connectivity index (χ2n) is 17.5. The Kier molecular flexibility index (Phi) is 16.6. The summed E-state index contributed by atoms with van der Waals surface area (Å²) in [7, 11) is -6.19. The van der Waals surface area contributed by atoms with Gasteiger partial charge in [-0.25, -0.2) is 8.42 Å². The topological polar surface area (TPSA) is 136 Å². The number of benzene rings is 3. The van der Waals surface area contributed by atoms with E-state index in [9.17, 15) is 27.6 Å². The molecule has 0 spiro atoms. The molecule has 3 aromatic carbocycles. The summed E-state index contributed by atoms with van der Waals surface area (Å²) < 4.78 is 40.1. The number of hydrogen-bond donors (Lipinski definition) is 1. The SMILES string of the molecule is CCCC[Si](C)(C)OC(CC(Cc1ccc(S(=O)(=O)c2ccccc2)cc1)C(=O)N[C@H](C(=O)N1CCC(=O)CC1)C(C)C)C(Cc1ccccc1)C(=O)OC(C)(C)C. The van der Waals surface area contributed by atoms with Crippen LogP contribution in [0.15, 0.2) is 94.7 Å². The van der Waals surface area contributed by atoms with E-state index in [1.165, 1.54) is 0 Å². The van der Waals surface area contributed by atoms with Crippen molar-refractivity contribution >= 4 is 41.7 Å². The molecule has 0 aromatic heterocycles. The lowest BCUT2D eigenvalue weighted by molar-refractivity contribution is -0.164. The van der Waals surface area contributed by atoms with Crippen LogP contribution in [0.3, 0.4) is 0 Å². The van der Waals surface area contributed by atoms with E-state index in [1.807, 2.05) is 65.0 Å². The van der Waals surface area contributed by atoms with Gasteiger partial charge in [0, 0.05) is 31.8 Å². The number of likely N-dealkylation sites (tertiary alicyclic amines) is 1. The molecule has 4 rings (SSSR count). The summed E-state index contributed by atoms with van der Waals surface area (Å²) in [5.74, 6) is -2.69. The zero-order chi connectivity index (χ0) is 42.7. The third-order valence-corrected chi connectivity index (χ3v) is 14.9. The highest BCUT2D eigenvalue weighted by molar-refractivity contribution is 7.91. The molecule has 0 radical (unpaired) electrons. The predicted octanol–water partition coefficient (Wildman–Crippen LogP) is 7.99. The van der Waals surface area contributed by atoms with Crippen molar-refractivity contribution in [2.24, 2.45) is 17.8 Å². The number of carbonyl (C=O) groups is 4. The smallest absolute Gasteiger partial charge is 0.312 e. The Labute approximate surface area is 347 Å². The lowest BCUT2D eigenvalue weighted by atomic mass is 9.85. The first-order chi connectivity index (χ1) is 27.3. The lowest BCUT2D eigenvalue weighted by Crippen LogP contribution is -2.54. The Morgan fingerprint density at radius 3 is 1.93 bits per heavy atom. The Hall–Kier alpha value is -4.13. The maximum Gasteiger partial charge on any atom is 0.312 e. The van der Waals surface area contributed by atoms with E-state index in [0.29, 0.717) is 25.1 Å². The number of unbranched alkanes of at least 4 members (excludes halogenated alkanes) is 1. The van der Waals surface area contributed by atoms with Gasteiger partial charge in [-0.2, -0.15) is 0 Å². The highest BCUT2D eigenvalue weighted by Gasteiger charge is 2.41. The fourth-order valence-electron chi connectivity index (χ4n) is 7.32. The van der Waals surface area contributed by atoms with Crippen LogP contribution in [-0.4, -0.2) is 76.0 Å². The molecule has 1 heterocycles. The number of ketones is 1. The molecule has 0 saturated carbocycles.